The molecule has 2 aromatic rings. The zero-order valence-corrected chi connectivity index (χ0v) is 10.3. The molecule has 16 heavy (non-hydrogen) atoms. The van der Waals surface area contributed by atoms with Crippen molar-refractivity contribution in [2.75, 3.05) is 11.1 Å². The molecule has 5 heteroatoms. The maximum absolute atomic E-state index is 5.68. The predicted octanol–water partition coefficient (Wildman–Crippen LogP) is 2.87. The van der Waals surface area contributed by atoms with Gasteiger partial charge in [-0.05, 0) is 24.8 Å². The Bertz CT molecular complexity index is 480. The lowest BCUT2D eigenvalue weighted by Gasteiger charge is -2.13. The average molecular weight is 236 g/mol. The zero-order chi connectivity index (χ0) is 11.5. The van der Waals surface area contributed by atoms with Gasteiger partial charge in [0.25, 0.3) is 0 Å². The van der Waals surface area contributed by atoms with E-state index in [4.69, 9.17) is 5.73 Å². The normalized spacial score (nSPS) is 12.9. The predicted molar refractivity (Wildman–Crippen MR) is 69.8 cm³/mol. The Morgan fingerprint density at radius 1 is 1.50 bits per heavy atom. The van der Waals surface area contributed by atoms with E-state index in [1.54, 1.807) is 11.3 Å². The number of nitrogens with two attached hydrogens (primary N) is 1. The zero-order valence-electron chi connectivity index (χ0n) is 9.53. The molecule has 2 heterocycles. The summed E-state index contributed by atoms with van der Waals surface area (Å²) in [7, 11) is 0. The van der Waals surface area contributed by atoms with Crippen LogP contribution in [-0.4, -0.2) is 16.0 Å². The van der Waals surface area contributed by atoms with Crippen molar-refractivity contribution in [1.29, 1.82) is 0 Å². The standard InChI is InChI=1S/C11H16N4S/c1-3-4-7(2)13-10-9-8(5-6-16-9)14-11(12)15-10/h5-7H,3-4H2,1-2H3,(H3,12,13,14,15). The number of anilines is 2. The van der Waals surface area contributed by atoms with Gasteiger partial charge in [0.15, 0.2) is 0 Å². The van der Waals surface area contributed by atoms with Gasteiger partial charge >= 0.3 is 0 Å². The lowest BCUT2D eigenvalue weighted by molar-refractivity contribution is 0.688. The Hall–Kier alpha value is -1.36. The molecule has 0 aliphatic heterocycles. The fourth-order valence-electron chi connectivity index (χ4n) is 1.72. The fraction of sp³-hybridized carbons (Fsp3) is 0.455. The summed E-state index contributed by atoms with van der Waals surface area (Å²) in [5, 5.41) is 5.40. The highest BCUT2D eigenvalue weighted by atomic mass is 32.1. The highest BCUT2D eigenvalue weighted by molar-refractivity contribution is 7.17. The minimum absolute atomic E-state index is 0.331. The van der Waals surface area contributed by atoms with Crippen molar-refractivity contribution in [2.45, 2.75) is 32.7 Å². The number of hydrogen-bond acceptors (Lipinski definition) is 5. The average Bonchev–Trinajstić information content (AvgIpc) is 2.65. The van der Waals surface area contributed by atoms with Gasteiger partial charge in [-0.25, -0.2) is 4.98 Å². The Labute approximate surface area is 98.9 Å². The van der Waals surface area contributed by atoms with Crippen LogP contribution in [0.3, 0.4) is 0 Å². The molecule has 2 aromatic heterocycles. The molecule has 0 radical (unpaired) electrons. The van der Waals surface area contributed by atoms with Crippen molar-refractivity contribution in [1.82, 2.24) is 9.97 Å². The van der Waals surface area contributed by atoms with Crippen LogP contribution in [-0.2, 0) is 0 Å². The number of fused-ring (bicyclic) bond motifs is 1. The third-order valence-corrected chi connectivity index (χ3v) is 3.34. The molecule has 0 saturated heterocycles. The summed E-state index contributed by atoms with van der Waals surface area (Å²) in [5.41, 5.74) is 6.60. The number of thiophene rings is 1. The SMILES string of the molecule is CCCC(C)Nc1nc(N)nc2ccsc12. The number of nitrogen functional groups attached to an aromatic ring is 1. The Balaban J connectivity index is 2.31. The van der Waals surface area contributed by atoms with Gasteiger partial charge in [-0.2, -0.15) is 4.98 Å². The smallest absolute Gasteiger partial charge is 0.222 e. The molecular weight excluding hydrogens is 220 g/mol. The minimum atomic E-state index is 0.331. The lowest BCUT2D eigenvalue weighted by atomic mass is 10.2. The summed E-state index contributed by atoms with van der Waals surface area (Å²) >= 11 is 1.64. The van der Waals surface area contributed by atoms with Gasteiger partial charge in [-0.1, -0.05) is 13.3 Å². The number of aromatic nitrogens is 2. The molecule has 0 bridgehead atoms. The van der Waals surface area contributed by atoms with Crippen molar-refractivity contribution in [3.63, 3.8) is 0 Å². The van der Waals surface area contributed by atoms with Gasteiger partial charge in [0.1, 0.15) is 5.82 Å². The van der Waals surface area contributed by atoms with Gasteiger partial charge in [0.2, 0.25) is 5.95 Å². The molecule has 0 spiro atoms. The lowest BCUT2D eigenvalue weighted by Crippen LogP contribution is -2.16. The number of rotatable bonds is 4. The van der Waals surface area contributed by atoms with Crippen LogP contribution in [0.15, 0.2) is 11.4 Å². The van der Waals surface area contributed by atoms with Crippen molar-refractivity contribution in [3.8, 4) is 0 Å². The molecule has 0 aliphatic rings. The van der Waals surface area contributed by atoms with Gasteiger partial charge in [-0.3, -0.25) is 0 Å². The maximum atomic E-state index is 5.68. The largest absolute Gasteiger partial charge is 0.368 e. The second-order valence-electron chi connectivity index (χ2n) is 3.90. The molecule has 4 nitrogen and oxygen atoms in total. The van der Waals surface area contributed by atoms with E-state index in [0.29, 0.717) is 12.0 Å². The van der Waals surface area contributed by atoms with E-state index in [9.17, 15) is 0 Å². The topological polar surface area (TPSA) is 63.8 Å². The van der Waals surface area contributed by atoms with Crippen LogP contribution < -0.4 is 11.1 Å². The summed E-state index contributed by atoms with van der Waals surface area (Å²) in [4.78, 5) is 8.45. The van der Waals surface area contributed by atoms with Crippen molar-refractivity contribution in [3.05, 3.63) is 11.4 Å². The van der Waals surface area contributed by atoms with Crippen LogP contribution in [0.25, 0.3) is 10.2 Å². The summed E-state index contributed by atoms with van der Waals surface area (Å²) in [6.07, 6.45) is 2.28. The fourth-order valence-corrected chi connectivity index (χ4v) is 2.50. The van der Waals surface area contributed by atoms with Crippen LogP contribution in [0.5, 0.6) is 0 Å². The van der Waals surface area contributed by atoms with E-state index < -0.39 is 0 Å². The van der Waals surface area contributed by atoms with Crippen LogP contribution in [0.2, 0.25) is 0 Å². The molecule has 86 valence electrons. The monoisotopic (exact) mass is 236 g/mol. The molecule has 0 fully saturated rings. The van der Waals surface area contributed by atoms with E-state index in [0.717, 1.165) is 28.9 Å². The van der Waals surface area contributed by atoms with Gasteiger partial charge < -0.3 is 11.1 Å². The summed E-state index contributed by atoms with van der Waals surface area (Å²) < 4.78 is 1.08. The van der Waals surface area contributed by atoms with Gasteiger partial charge in [0, 0.05) is 6.04 Å². The first-order chi connectivity index (χ1) is 7.70. The van der Waals surface area contributed by atoms with E-state index in [1.807, 2.05) is 11.4 Å². The van der Waals surface area contributed by atoms with Crippen LogP contribution in [0, 0.1) is 0 Å². The number of hydrogen-bond donors (Lipinski definition) is 2. The van der Waals surface area contributed by atoms with Gasteiger partial charge in [-0.15, -0.1) is 11.3 Å². The molecule has 1 unspecified atom stereocenters. The molecule has 0 aliphatic carbocycles. The van der Waals surface area contributed by atoms with E-state index in [2.05, 4.69) is 29.1 Å². The highest BCUT2D eigenvalue weighted by Gasteiger charge is 2.09. The first-order valence-corrected chi connectivity index (χ1v) is 6.36. The van der Waals surface area contributed by atoms with Gasteiger partial charge in [0.05, 0.1) is 10.2 Å². The first kappa shape index (κ1) is 11.1. The molecular formula is C11H16N4S. The number of nitrogens with one attached hydrogen (secondary N) is 1. The number of nitrogens with zero attached hydrogens (tertiary/aromatic N) is 2. The van der Waals surface area contributed by atoms with Crippen molar-refractivity contribution in [2.24, 2.45) is 0 Å². The second-order valence-corrected chi connectivity index (χ2v) is 4.82. The van der Waals surface area contributed by atoms with E-state index in [-0.39, 0.29) is 0 Å². The Morgan fingerprint density at radius 3 is 3.06 bits per heavy atom. The molecule has 0 saturated carbocycles. The maximum Gasteiger partial charge on any atom is 0.222 e. The summed E-state index contributed by atoms with van der Waals surface area (Å²) in [5.74, 6) is 1.19. The molecule has 1 atom stereocenters. The molecule has 2 rings (SSSR count). The van der Waals surface area contributed by atoms with Crippen LogP contribution in [0.4, 0.5) is 11.8 Å². The van der Waals surface area contributed by atoms with E-state index >= 15 is 0 Å². The van der Waals surface area contributed by atoms with Crippen LogP contribution in [0.1, 0.15) is 26.7 Å². The summed E-state index contributed by atoms with van der Waals surface area (Å²) in [6.45, 7) is 4.33. The third-order valence-electron chi connectivity index (χ3n) is 2.43. The molecule has 3 N–H and O–H groups in total. The molecule has 0 amide bonds. The van der Waals surface area contributed by atoms with Crippen LogP contribution >= 0.6 is 11.3 Å². The summed E-state index contributed by atoms with van der Waals surface area (Å²) in [6, 6.07) is 2.37. The Morgan fingerprint density at radius 2 is 2.31 bits per heavy atom. The molecule has 0 aromatic carbocycles. The van der Waals surface area contributed by atoms with E-state index in [1.165, 1.54) is 0 Å². The first-order valence-electron chi connectivity index (χ1n) is 5.48. The second kappa shape index (κ2) is 4.65. The minimum Gasteiger partial charge on any atom is -0.368 e. The quantitative estimate of drug-likeness (QED) is 0.856. The highest BCUT2D eigenvalue weighted by Crippen LogP contribution is 2.27. The van der Waals surface area contributed by atoms with Crippen molar-refractivity contribution < 1.29 is 0 Å². The third kappa shape index (κ3) is 2.24. The Kier molecular flexibility index (Phi) is 3.24. The van der Waals surface area contributed by atoms with Crippen molar-refractivity contribution >= 4 is 33.3 Å².